The average molecular weight is 272 g/mol. The zero-order valence-electron chi connectivity index (χ0n) is 10.5. The molecule has 2 N–H and O–H groups in total. The van der Waals surface area contributed by atoms with Gasteiger partial charge in [0.15, 0.2) is 0 Å². The molecule has 2 atom stereocenters. The summed E-state index contributed by atoms with van der Waals surface area (Å²) in [4.78, 5) is 13.6. The molecular weight excluding hydrogens is 254 g/mol. The summed E-state index contributed by atoms with van der Waals surface area (Å²) in [6.45, 7) is 3.55. The molecule has 100 valence electrons. The molecule has 0 radical (unpaired) electrons. The van der Waals surface area contributed by atoms with Gasteiger partial charge in [0.2, 0.25) is 0 Å². The maximum Gasteiger partial charge on any atom is 0.254 e. The first-order valence-corrected chi connectivity index (χ1v) is 6.19. The maximum atomic E-state index is 12.2. The fourth-order valence-corrected chi connectivity index (χ4v) is 1.87. The van der Waals surface area contributed by atoms with Gasteiger partial charge in [-0.1, -0.05) is 17.7 Å². The van der Waals surface area contributed by atoms with Crippen molar-refractivity contribution in [2.24, 2.45) is 0 Å². The van der Waals surface area contributed by atoms with Crippen LogP contribution in [0.1, 0.15) is 24.2 Å². The lowest BCUT2D eigenvalue weighted by atomic mass is 10.2. The lowest BCUT2D eigenvalue weighted by molar-refractivity contribution is 0.0518. The van der Waals surface area contributed by atoms with Crippen LogP contribution in [0.4, 0.5) is 0 Å². The van der Waals surface area contributed by atoms with Crippen molar-refractivity contribution in [3.8, 4) is 0 Å². The SMILES string of the molecule is CC(O)CN(CC(C)O)C(=O)c1cccc(Cl)c1. The summed E-state index contributed by atoms with van der Waals surface area (Å²) in [5.74, 6) is -0.251. The Morgan fingerprint density at radius 2 is 1.83 bits per heavy atom. The molecule has 0 aromatic heterocycles. The van der Waals surface area contributed by atoms with E-state index < -0.39 is 12.2 Å². The fraction of sp³-hybridized carbons (Fsp3) is 0.462. The Labute approximate surface area is 112 Å². The number of carbonyl (C=O) groups excluding carboxylic acids is 1. The Hall–Kier alpha value is -1.10. The molecule has 18 heavy (non-hydrogen) atoms. The van der Waals surface area contributed by atoms with E-state index in [9.17, 15) is 15.0 Å². The number of benzene rings is 1. The van der Waals surface area contributed by atoms with Gasteiger partial charge in [0.05, 0.1) is 12.2 Å². The molecule has 0 spiro atoms. The van der Waals surface area contributed by atoms with E-state index in [2.05, 4.69) is 0 Å². The number of aliphatic hydroxyl groups excluding tert-OH is 2. The standard InChI is InChI=1S/C13H18ClNO3/c1-9(16)7-15(8-10(2)17)13(18)11-4-3-5-12(14)6-11/h3-6,9-10,16-17H,7-8H2,1-2H3. The van der Waals surface area contributed by atoms with Gasteiger partial charge in [-0.25, -0.2) is 0 Å². The number of amides is 1. The average Bonchev–Trinajstić information content (AvgIpc) is 2.26. The van der Waals surface area contributed by atoms with E-state index in [1.807, 2.05) is 0 Å². The molecule has 1 aromatic carbocycles. The normalized spacial score (nSPS) is 14.1. The molecule has 0 saturated heterocycles. The number of rotatable bonds is 5. The van der Waals surface area contributed by atoms with Crippen LogP contribution >= 0.6 is 11.6 Å². The molecule has 1 amide bonds. The Morgan fingerprint density at radius 3 is 2.28 bits per heavy atom. The predicted molar refractivity (Wildman–Crippen MR) is 70.7 cm³/mol. The first-order valence-electron chi connectivity index (χ1n) is 5.81. The summed E-state index contributed by atoms with van der Waals surface area (Å²) < 4.78 is 0. The zero-order chi connectivity index (χ0) is 13.7. The van der Waals surface area contributed by atoms with Crippen LogP contribution in [0.15, 0.2) is 24.3 Å². The Balaban J connectivity index is 2.87. The molecule has 0 bridgehead atoms. The summed E-state index contributed by atoms with van der Waals surface area (Å²) in [7, 11) is 0. The van der Waals surface area contributed by atoms with E-state index in [4.69, 9.17) is 11.6 Å². The van der Waals surface area contributed by atoms with Crippen LogP contribution in [0.5, 0.6) is 0 Å². The van der Waals surface area contributed by atoms with Gasteiger partial charge in [-0.3, -0.25) is 4.79 Å². The van der Waals surface area contributed by atoms with Gasteiger partial charge in [-0.05, 0) is 32.0 Å². The number of hydrogen-bond donors (Lipinski definition) is 2. The molecular formula is C13H18ClNO3. The summed E-state index contributed by atoms with van der Waals surface area (Å²) >= 11 is 5.84. The molecule has 1 rings (SSSR count). The van der Waals surface area contributed by atoms with E-state index in [1.165, 1.54) is 4.90 Å². The number of carbonyl (C=O) groups is 1. The van der Waals surface area contributed by atoms with Crippen LogP contribution in [0, 0.1) is 0 Å². The molecule has 0 aliphatic heterocycles. The molecule has 0 aliphatic carbocycles. The van der Waals surface area contributed by atoms with Crippen molar-refractivity contribution < 1.29 is 15.0 Å². The quantitative estimate of drug-likeness (QED) is 0.854. The Morgan fingerprint density at radius 1 is 1.28 bits per heavy atom. The van der Waals surface area contributed by atoms with E-state index in [0.717, 1.165) is 0 Å². The lowest BCUT2D eigenvalue weighted by Crippen LogP contribution is -2.40. The largest absolute Gasteiger partial charge is 0.392 e. The molecule has 1 aromatic rings. The van der Waals surface area contributed by atoms with Crippen LogP contribution in [0.2, 0.25) is 5.02 Å². The summed E-state index contributed by atoms with van der Waals surface area (Å²) in [6, 6.07) is 6.61. The molecule has 5 heteroatoms. The predicted octanol–water partition coefficient (Wildman–Crippen LogP) is 1.54. The minimum atomic E-state index is -0.646. The van der Waals surface area contributed by atoms with Gasteiger partial charge >= 0.3 is 0 Å². The zero-order valence-corrected chi connectivity index (χ0v) is 11.3. The Bertz CT molecular complexity index is 397. The summed E-state index contributed by atoms with van der Waals surface area (Å²) in [5, 5.41) is 19.3. The van der Waals surface area contributed by atoms with E-state index in [1.54, 1.807) is 38.1 Å². The van der Waals surface area contributed by atoms with E-state index in [-0.39, 0.29) is 19.0 Å². The number of nitrogens with zero attached hydrogens (tertiary/aromatic N) is 1. The van der Waals surface area contributed by atoms with Crippen molar-refractivity contribution in [2.75, 3.05) is 13.1 Å². The van der Waals surface area contributed by atoms with Crippen LogP contribution < -0.4 is 0 Å². The van der Waals surface area contributed by atoms with Gasteiger partial charge in [0, 0.05) is 23.7 Å². The fourth-order valence-electron chi connectivity index (χ4n) is 1.68. The number of aliphatic hydroxyl groups is 2. The minimum absolute atomic E-state index is 0.177. The van der Waals surface area contributed by atoms with Crippen molar-refractivity contribution in [1.29, 1.82) is 0 Å². The second-order valence-electron chi connectivity index (χ2n) is 4.42. The highest BCUT2D eigenvalue weighted by Crippen LogP contribution is 2.13. The minimum Gasteiger partial charge on any atom is -0.392 e. The highest BCUT2D eigenvalue weighted by Gasteiger charge is 2.19. The highest BCUT2D eigenvalue weighted by atomic mass is 35.5. The second-order valence-corrected chi connectivity index (χ2v) is 4.85. The van der Waals surface area contributed by atoms with Crippen LogP contribution in [-0.4, -0.2) is 46.3 Å². The Kier molecular flexibility index (Phi) is 5.59. The third-order valence-electron chi connectivity index (χ3n) is 2.33. The number of halogens is 1. The number of hydrogen-bond acceptors (Lipinski definition) is 3. The third kappa shape index (κ3) is 4.64. The van der Waals surface area contributed by atoms with Gasteiger partial charge in [-0.2, -0.15) is 0 Å². The third-order valence-corrected chi connectivity index (χ3v) is 2.56. The van der Waals surface area contributed by atoms with Gasteiger partial charge < -0.3 is 15.1 Å². The van der Waals surface area contributed by atoms with Crippen LogP contribution in [0.3, 0.4) is 0 Å². The van der Waals surface area contributed by atoms with Crippen molar-refractivity contribution in [2.45, 2.75) is 26.1 Å². The summed E-state index contributed by atoms with van der Waals surface area (Å²) in [6.07, 6.45) is -1.29. The highest BCUT2D eigenvalue weighted by molar-refractivity contribution is 6.30. The first kappa shape index (κ1) is 15.0. The van der Waals surface area contributed by atoms with Crippen molar-refractivity contribution in [3.05, 3.63) is 34.9 Å². The van der Waals surface area contributed by atoms with Crippen molar-refractivity contribution >= 4 is 17.5 Å². The van der Waals surface area contributed by atoms with Gasteiger partial charge in [0.1, 0.15) is 0 Å². The first-order chi connectivity index (χ1) is 8.40. The molecule has 0 saturated carbocycles. The maximum absolute atomic E-state index is 12.2. The van der Waals surface area contributed by atoms with Gasteiger partial charge in [0.25, 0.3) is 5.91 Å². The topological polar surface area (TPSA) is 60.8 Å². The lowest BCUT2D eigenvalue weighted by Gasteiger charge is -2.25. The molecule has 0 aliphatic rings. The monoisotopic (exact) mass is 271 g/mol. The molecule has 2 unspecified atom stereocenters. The van der Waals surface area contributed by atoms with E-state index in [0.29, 0.717) is 10.6 Å². The van der Waals surface area contributed by atoms with E-state index >= 15 is 0 Å². The van der Waals surface area contributed by atoms with Crippen LogP contribution in [-0.2, 0) is 0 Å². The summed E-state index contributed by atoms with van der Waals surface area (Å²) in [5.41, 5.74) is 0.448. The van der Waals surface area contributed by atoms with Crippen molar-refractivity contribution in [3.63, 3.8) is 0 Å². The van der Waals surface area contributed by atoms with Crippen molar-refractivity contribution in [1.82, 2.24) is 4.90 Å². The molecule has 4 nitrogen and oxygen atoms in total. The molecule has 0 heterocycles. The smallest absolute Gasteiger partial charge is 0.254 e. The van der Waals surface area contributed by atoms with Crippen LogP contribution in [0.25, 0.3) is 0 Å². The molecule has 0 fully saturated rings. The second kappa shape index (κ2) is 6.73. The van der Waals surface area contributed by atoms with Gasteiger partial charge in [-0.15, -0.1) is 0 Å².